The Bertz CT molecular complexity index is 2190. The molecule has 14 heteroatoms. The second-order valence-electron chi connectivity index (χ2n) is 17.2. The van der Waals surface area contributed by atoms with Crippen LogP contribution < -0.4 is 20.3 Å². The quantitative estimate of drug-likeness (QED) is 0.130. The maximum Gasteiger partial charge on any atom is 0.320 e. The lowest BCUT2D eigenvalue weighted by molar-refractivity contribution is -0.122. The lowest BCUT2D eigenvalue weighted by atomic mass is 9.85. The molecule has 1 aliphatic carbocycles. The topological polar surface area (TPSA) is 145 Å². The van der Waals surface area contributed by atoms with Crippen molar-refractivity contribution in [2.45, 2.75) is 96.2 Å². The van der Waals surface area contributed by atoms with Crippen molar-refractivity contribution in [3.8, 4) is 11.4 Å². The molecule has 314 valence electrons. The van der Waals surface area contributed by atoms with Crippen molar-refractivity contribution in [2.24, 2.45) is 0 Å². The molecule has 1 unspecified atom stereocenters. The maximum atomic E-state index is 13.9. The molecule has 59 heavy (non-hydrogen) atoms. The highest BCUT2D eigenvalue weighted by Crippen LogP contribution is 2.39. The van der Waals surface area contributed by atoms with Gasteiger partial charge in [0, 0.05) is 43.7 Å². The van der Waals surface area contributed by atoms with Crippen LogP contribution in [0, 0.1) is 0 Å². The first-order chi connectivity index (χ1) is 28.5. The number of benzene rings is 2. The summed E-state index contributed by atoms with van der Waals surface area (Å²) >= 11 is 0. The number of nitrogens with zero attached hydrogens (tertiary/aromatic N) is 8. The number of aromatic nitrogens is 5. The van der Waals surface area contributed by atoms with Crippen LogP contribution in [0.3, 0.4) is 0 Å². The number of nitrogens with one attached hydrogen (secondary N) is 2. The van der Waals surface area contributed by atoms with E-state index < -0.39 is 0 Å². The first kappa shape index (κ1) is 41.7. The van der Waals surface area contributed by atoms with Crippen LogP contribution in [0.2, 0.25) is 0 Å². The van der Waals surface area contributed by atoms with E-state index in [4.69, 9.17) is 19.7 Å². The highest BCUT2D eigenvalue weighted by Gasteiger charge is 2.31. The van der Waals surface area contributed by atoms with Crippen LogP contribution in [0.25, 0.3) is 11.3 Å². The predicted molar refractivity (Wildman–Crippen MR) is 231 cm³/mol. The number of urea groups is 1. The van der Waals surface area contributed by atoms with Crippen LogP contribution in [0.15, 0.2) is 72.9 Å². The minimum Gasteiger partial charge on any atom is -0.484 e. The van der Waals surface area contributed by atoms with Gasteiger partial charge in [0.2, 0.25) is 5.95 Å². The number of carbonyl (C=O) groups excluding carboxylic acids is 1. The number of pyridine rings is 1. The van der Waals surface area contributed by atoms with Crippen LogP contribution in [0.1, 0.15) is 101 Å². The zero-order valence-electron chi connectivity index (χ0n) is 35.2. The van der Waals surface area contributed by atoms with Gasteiger partial charge in [-0.2, -0.15) is 5.10 Å². The average molecular weight is 805 g/mol. The van der Waals surface area contributed by atoms with Crippen molar-refractivity contribution < 1.29 is 19.4 Å². The third kappa shape index (κ3) is 10.0. The smallest absolute Gasteiger partial charge is 0.320 e. The van der Waals surface area contributed by atoms with Crippen LogP contribution >= 0.6 is 0 Å². The molecule has 3 aliphatic rings. The Morgan fingerprint density at radius 2 is 1.73 bits per heavy atom. The minimum absolute atomic E-state index is 0.151. The Hall–Kier alpha value is -5.47. The van der Waals surface area contributed by atoms with Gasteiger partial charge in [-0.3, -0.25) is 14.5 Å². The van der Waals surface area contributed by atoms with E-state index in [1.165, 1.54) is 18.4 Å². The molecule has 14 nitrogen and oxygen atoms in total. The van der Waals surface area contributed by atoms with Gasteiger partial charge < -0.3 is 29.9 Å². The van der Waals surface area contributed by atoms with Crippen molar-refractivity contribution >= 4 is 29.9 Å². The van der Waals surface area contributed by atoms with Gasteiger partial charge in [0.1, 0.15) is 17.7 Å². The Kier molecular flexibility index (Phi) is 13.2. The summed E-state index contributed by atoms with van der Waals surface area (Å²) in [5.41, 5.74) is 5.88. The fraction of sp³-hybridized carbons (Fsp3) is 0.489. The normalized spacial score (nSPS) is 20.2. The van der Waals surface area contributed by atoms with Crippen LogP contribution in [0.4, 0.5) is 16.6 Å². The molecular formula is C45H60N10O4. The first-order valence-corrected chi connectivity index (χ1v) is 21.1. The number of rotatable bonds is 9. The SMILES string of the molecule is CC1CCCCN1c1nnc2ccc(O[C@@H]3CC[C@H](NC(=O)Nc4cc(C(C)(C)C)nn4-c4cccc(CCN5CCCN(C)CC5)c4)c4ccccc43)cn12.O=CO. The van der Waals surface area contributed by atoms with E-state index in [0.29, 0.717) is 11.9 Å². The summed E-state index contributed by atoms with van der Waals surface area (Å²) in [5, 5.41) is 27.4. The van der Waals surface area contributed by atoms with Gasteiger partial charge in [0.15, 0.2) is 5.65 Å². The predicted octanol–water partition coefficient (Wildman–Crippen LogP) is 7.25. The summed E-state index contributed by atoms with van der Waals surface area (Å²) in [6.45, 7) is 15.0. The first-order valence-electron chi connectivity index (χ1n) is 21.1. The molecule has 8 rings (SSSR count). The lowest BCUT2D eigenvalue weighted by Gasteiger charge is -2.33. The number of likely N-dealkylation sites (N-methyl/N-ethyl adjacent to an activating group) is 1. The van der Waals surface area contributed by atoms with E-state index in [-0.39, 0.29) is 30.1 Å². The number of hydrogen-bond acceptors (Lipinski definition) is 9. The maximum absolute atomic E-state index is 13.9. The molecule has 2 amide bonds. The molecular weight excluding hydrogens is 745 g/mol. The largest absolute Gasteiger partial charge is 0.484 e. The number of amides is 2. The average Bonchev–Trinajstić information content (AvgIpc) is 3.78. The third-order valence-corrected chi connectivity index (χ3v) is 11.8. The monoisotopic (exact) mass is 804 g/mol. The van der Waals surface area contributed by atoms with Gasteiger partial charge in [-0.1, -0.05) is 57.2 Å². The molecule has 2 saturated heterocycles. The highest BCUT2D eigenvalue weighted by atomic mass is 16.5. The standard InChI is InChI=1S/C44H58N10O2.CH2O2/c1-31-12-8-9-24-52(31)43-48-47-40-20-17-34(30-53(40)43)56-38-19-18-37(35-15-6-7-16-36(35)38)45-42(55)46-41-29-39(44(2,3)4)49-54(41)33-14-10-13-32(28-33)21-25-51-23-11-22-50(5)26-27-51;2-1-3/h6-7,10,13-17,20,28-31,37-38H,8-9,11-12,18-19,21-27H2,1-5H3,(H2,45,46,55);1H,(H,2,3)/t31?,37-,38+;/m0./s1. The van der Waals surface area contributed by atoms with Crippen LogP contribution in [-0.4, -0.2) is 104 Å². The molecule has 0 spiro atoms. The number of piperidine rings is 1. The molecule has 3 atom stereocenters. The summed E-state index contributed by atoms with van der Waals surface area (Å²) in [6.07, 6.45) is 9.10. The summed E-state index contributed by atoms with van der Waals surface area (Å²) in [5.74, 6) is 2.29. The zero-order chi connectivity index (χ0) is 41.5. The molecule has 3 aromatic heterocycles. The fourth-order valence-electron chi connectivity index (χ4n) is 8.51. The van der Waals surface area contributed by atoms with Crippen molar-refractivity contribution in [1.29, 1.82) is 0 Å². The Morgan fingerprint density at radius 3 is 2.53 bits per heavy atom. The van der Waals surface area contributed by atoms with E-state index in [2.05, 4.69) is 111 Å². The summed E-state index contributed by atoms with van der Waals surface area (Å²) < 4.78 is 10.6. The molecule has 2 fully saturated rings. The van der Waals surface area contributed by atoms with E-state index in [1.807, 2.05) is 41.2 Å². The third-order valence-electron chi connectivity index (χ3n) is 11.8. The van der Waals surface area contributed by atoms with Gasteiger partial charge in [0.25, 0.3) is 6.47 Å². The molecule has 0 bridgehead atoms. The summed E-state index contributed by atoms with van der Waals surface area (Å²) in [6, 6.07) is 22.8. The molecule has 3 N–H and O–H groups in total. The summed E-state index contributed by atoms with van der Waals surface area (Å²) in [7, 11) is 2.21. The van der Waals surface area contributed by atoms with Gasteiger partial charge >= 0.3 is 6.03 Å². The number of fused-ring (bicyclic) bond motifs is 2. The number of anilines is 2. The van der Waals surface area contributed by atoms with E-state index >= 15 is 0 Å². The second-order valence-corrected chi connectivity index (χ2v) is 17.2. The van der Waals surface area contributed by atoms with Crippen molar-refractivity contribution in [1.82, 2.24) is 39.5 Å². The molecule has 2 aliphatic heterocycles. The van der Waals surface area contributed by atoms with E-state index in [1.54, 1.807) is 0 Å². The molecule has 0 saturated carbocycles. The van der Waals surface area contributed by atoms with Gasteiger partial charge in [-0.05, 0) is 113 Å². The number of carboxylic acid groups (broad SMARTS) is 1. The highest BCUT2D eigenvalue weighted by molar-refractivity contribution is 5.89. The van der Waals surface area contributed by atoms with Gasteiger partial charge in [0.05, 0.1) is 23.6 Å². The second kappa shape index (κ2) is 18.6. The Morgan fingerprint density at radius 1 is 0.915 bits per heavy atom. The number of carbonyl (C=O) groups is 2. The fourth-order valence-corrected chi connectivity index (χ4v) is 8.51. The zero-order valence-corrected chi connectivity index (χ0v) is 35.2. The van der Waals surface area contributed by atoms with E-state index in [0.717, 1.165) is 111 Å². The summed E-state index contributed by atoms with van der Waals surface area (Å²) in [4.78, 5) is 29.6. The molecule has 0 radical (unpaired) electrons. The van der Waals surface area contributed by atoms with Crippen molar-refractivity contribution in [2.75, 3.05) is 56.5 Å². The lowest BCUT2D eigenvalue weighted by Crippen LogP contribution is -2.38. The molecule has 5 aromatic rings. The number of ether oxygens (including phenoxy) is 1. The van der Waals surface area contributed by atoms with E-state index in [9.17, 15) is 4.79 Å². The van der Waals surface area contributed by atoms with Gasteiger partial charge in [-0.25, -0.2) is 9.48 Å². The molecule has 5 heterocycles. The van der Waals surface area contributed by atoms with Crippen molar-refractivity contribution in [3.63, 3.8) is 0 Å². The minimum atomic E-state index is -0.259. The Balaban J connectivity index is 0.00000171. The van der Waals surface area contributed by atoms with Crippen LogP contribution in [-0.2, 0) is 16.6 Å². The number of hydrogen-bond donors (Lipinski definition) is 3. The van der Waals surface area contributed by atoms with Crippen molar-refractivity contribution in [3.05, 3.63) is 95.3 Å². The van der Waals surface area contributed by atoms with Crippen LogP contribution in [0.5, 0.6) is 5.75 Å². The molecule has 2 aromatic carbocycles. The Labute approximate surface area is 347 Å². The van der Waals surface area contributed by atoms with Gasteiger partial charge in [-0.15, -0.1) is 10.2 Å².